The van der Waals surface area contributed by atoms with E-state index in [-0.39, 0.29) is 0 Å². The molecule has 1 fully saturated rings. The monoisotopic (exact) mass is 194 g/mol. The number of carbonyl (C=O) groups excluding carboxylic acids is 1. The molecule has 0 spiro atoms. The van der Waals surface area contributed by atoms with Gasteiger partial charge in [0.1, 0.15) is 6.29 Å². The van der Waals surface area contributed by atoms with Crippen molar-refractivity contribution in [3.63, 3.8) is 0 Å². The molecule has 0 aliphatic carbocycles. The number of aldehydes is 1. The Kier molecular flexibility index (Phi) is 2.93. The summed E-state index contributed by atoms with van der Waals surface area (Å²) in [5, 5.41) is 4.26. The second-order valence-corrected chi connectivity index (χ2v) is 3.54. The Bertz CT molecular complexity index is 303. The molecule has 1 saturated heterocycles. The summed E-state index contributed by atoms with van der Waals surface area (Å²) in [4.78, 5) is 10.3. The van der Waals surface area contributed by atoms with E-state index in [9.17, 15) is 4.79 Å². The molecule has 0 N–H and O–H groups in total. The average Bonchev–Trinajstić information content (AvgIpc) is 2.68. The van der Waals surface area contributed by atoms with Crippen LogP contribution in [0.2, 0.25) is 0 Å². The molecule has 2 heterocycles. The van der Waals surface area contributed by atoms with Gasteiger partial charge in [0.2, 0.25) is 0 Å². The molecule has 0 aromatic carbocycles. The zero-order chi connectivity index (χ0) is 9.80. The molecule has 14 heavy (non-hydrogen) atoms. The van der Waals surface area contributed by atoms with Gasteiger partial charge in [-0.15, -0.1) is 0 Å². The van der Waals surface area contributed by atoms with E-state index in [1.807, 2.05) is 10.9 Å². The zero-order valence-electron chi connectivity index (χ0n) is 8.06. The summed E-state index contributed by atoms with van der Waals surface area (Å²) in [7, 11) is 0. The van der Waals surface area contributed by atoms with Crippen LogP contribution >= 0.6 is 0 Å². The molecule has 0 saturated carbocycles. The van der Waals surface area contributed by atoms with Crippen LogP contribution in [-0.4, -0.2) is 29.3 Å². The summed E-state index contributed by atoms with van der Waals surface area (Å²) in [5.74, 6) is 0. The Morgan fingerprint density at radius 1 is 1.57 bits per heavy atom. The Morgan fingerprint density at radius 2 is 2.36 bits per heavy atom. The van der Waals surface area contributed by atoms with Crippen LogP contribution in [0.15, 0.2) is 12.4 Å². The average molecular weight is 194 g/mol. The van der Waals surface area contributed by atoms with Gasteiger partial charge in [0.25, 0.3) is 0 Å². The van der Waals surface area contributed by atoms with Gasteiger partial charge in [-0.1, -0.05) is 0 Å². The third kappa shape index (κ3) is 2.01. The SMILES string of the molecule is O=CCc1cnn(C2CCOCC2)c1. The van der Waals surface area contributed by atoms with Crippen LogP contribution in [0.25, 0.3) is 0 Å². The Morgan fingerprint density at radius 3 is 3.07 bits per heavy atom. The van der Waals surface area contributed by atoms with Crippen LogP contribution in [0, 0.1) is 0 Å². The van der Waals surface area contributed by atoms with Gasteiger partial charge in [-0.2, -0.15) is 5.10 Å². The second kappa shape index (κ2) is 4.37. The van der Waals surface area contributed by atoms with Gasteiger partial charge in [0.05, 0.1) is 12.2 Å². The van der Waals surface area contributed by atoms with E-state index in [1.165, 1.54) is 0 Å². The molecular weight excluding hydrogens is 180 g/mol. The highest BCUT2D eigenvalue weighted by molar-refractivity contribution is 5.54. The lowest BCUT2D eigenvalue weighted by Gasteiger charge is -2.22. The van der Waals surface area contributed by atoms with Crippen molar-refractivity contribution in [2.45, 2.75) is 25.3 Å². The lowest BCUT2D eigenvalue weighted by atomic mass is 10.1. The van der Waals surface area contributed by atoms with Crippen molar-refractivity contribution in [2.75, 3.05) is 13.2 Å². The number of ether oxygens (including phenoxy) is 1. The van der Waals surface area contributed by atoms with Crippen LogP contribution in [0.1, 0.15) is 24.4 Å². The van der Waals surface area contributed by atoms with E-state index in [0.717, 1.165) is 37.9 Å². The minimum Gasteiger partial charge on any atom is -0.381 e. The molecule has 1 aromatic rings. The quantitative estimate of drug-likeness (QED) is 0.673. The van der Waals surface area contributed by atoms with Gasteiger partial charge in [0, 0.05) is 25.8 Å². The first kappa shape index (κ1) is 9.40. The highest BCUT2D eigenvalue weighted by atomic mass is 16.5. The van der Waals surface area contributed by atoms with E-state index in [2.05, 4.69) is 5.10 Å². The highest BCUT2D eigenvalue weighted by Crippen LogP contribution is 2.19. The minimum atomic E-state index is 0.448. The van der Waals surface area contributed by atoms with E-state index in [4.69, 9.17) is 4.74 Å². The molecule has 0 atom stereocenters. The Balaban J connectivity index is 2.03. The molecule has 0 radical (unpaired) electrons. The molecule has 4 nitrogen and oxygen atoms in total. The Labute approximate surface area is 82.9 Å². The van der Waals surface area contributed by atoms with Crippen LogP contribution in [0.3, 0.4) is 0 Å². The van der Waals surface area contributed by atoms with Gasteiger partial charge in [-0.05, 0) is 18.4 Å². The summed E-state index contributed by atoms with van der Waals surface area (Å²) in [6.07, 6.45) is 7.13. The standard InChI is InChI=1S/C10H14N2O2/c13-4-1-9-7-11-12(8-9)10-2-5-14-6-3-10/h4,7-8,10H,1-3,5-6H2. The number of nitrogens with zero attached hydrogens (tertiary/aromatic N) is 2. The fraction of sp³-hybridized carbons (Fsp3) is 0.600. The number of hydrogen-bond donors (Lipinski definition) is 0. The molecule has 1 aromatic heterocycles. The maximum atomic E-state index is 10.3. The molecule has 1 aliphatic rings. The molecule has 1 aliphatic heterocycles. The Hall–Kier alpha value is -1.16. The molecule has 76 valence electrons. The van der Waals surface area contributed by atoms with E-state index in [0.29, 0.717) is 12.5 Å². The predicted molar refractivity (Wildman–Crippen MR) is 51.1 cm³/mol. The summed E-state index contributed by atoms with van der Waals surface area (Å²) in [6, 6.07) is 0.448. The van der Waals surface area contributed by atoms with Crippen molar-refractivity contribution in [3.8, 4) is 0 Å². The summed E-state index contributed by atoms with van der Waals surface area (Å²) in [5.41, 5.74) is 0.992. The van der Waals surface area contributed by atoms with Gasteiger partial charge >= 0.3 is 0 Å². The van der Waals surface area contributed by atoms with Crippen molar-refractivity contribution in [1.29, 1.82) is 0 Å². The molecular formula is C10H14N2O2. The first-order valence-corrected chi connectivity index (χ1v) is 4.94. The van der Waals surface area contributed by atoms with Crippen LogP contribution in [-0.2, 0) is 16.0 Å². The maximum absolute atomic E-state index is 10.3. The molecule has 0 unspecified atom stereocenters. The lowest BCUT2D eigenvalue weighted by Crippen LogP contribution is -2.19. The van der Waals surface area contributed by atoms with Crippen molar-refractivity contribution < 1.29 is 9.53 Å². The summed E-state index contributed by atoms with van der Waals surface area (Å²) >= 11 is 0. The summed E-state index contributed by atoms with van der Waals surface area (Å²) < 4.78 is 7.24. The molecule has 0 amide bonds. The molecule has 2 rings (SSSR count). The van der Waals surface area contributed by atoms with E-state index < -0.39 is 0 Å². The van der Waals surface area contributed by atoms with Crippen LogP contribution in [0.5, 0.6) is 0 Å². The molecule has 0 bridgehead atoms. The first-order valence-electron chi connectivity index (χ1n) is 4.94. The largest absolute Gasteiger partial charge is 0.381 e. The number of rotatable bonds is 3. The third-order valence-corrected chi connectivity index (χ3v) is 2.54. The fourth-order valence-corrected chi connectivity index (χ4v) is 1.73. The minimum absolute atomic E-state index is 0.448. The van der Waals surface area contributed by atoms with E-state index >= 15 is 0 Å². The van der Waals surface area contributed by atoms with Crippen molar-refractivity contribution in [3.05, 3.63) is 18.0 Å². The number of carbonyl (C=O) groups is 1. The fourth-order valence-electron chi connectivity index (χ4n) is 1.73. The zero-order valence-corrected chi connectivity index (χ0v) is 8.06. The van der Waals surface area contributed by atoms with Crippen LogP contribution < -0.4 is 0 Å². The van der Waals surface area contributed by atoms with E-state index in [1.54, 1.807) is 6.20 Å². The van der Waals surface area contributed by atoms with Crippen molar-refractivity contribution in [1.82, 2.24) is 9.78 Å². The lowest BCUT2D eigenvalue weighted by molar-refractivity contribution is -0.107. The van der Waals surface area contributed by atoms with Crippen molar-refractivity contribution >= 4 is 6.29 Å². The van der Waals surface area contributed by atoms with Crippen LogP contribution in [0.4, 0.5) is 0 Å². The maximum Gasteiger partial charge on any atom is 0.124 e. The normalized spacial score (nSPS) is 18.3. The van der Waals surface area contributed by atoms with Gasteiger partial charge in [-0.25, -0.2) is 0 Å². The smallest absolute Gasteiger partial charge is 0.124 e. The third-order valence-electron chi connectivity index (χ3n) is 2.54. The number of aromatic nitrogens is 2. The van der Waals surface area contributed by atoms with Gasteiger partial charge in [-0.3, -0.25) is 4.68 Å². The predicted octanol–water partition coefficient (Wildman–Crippen LogP) is 0.976. The second-order valence-electron chi connectivity index (χ2n) is 3.54. The molecule has 4 heteroatoms. The van der Waals surface area contributed by atoms with Crippen molar-refractivity contribution in [2.24, 2.45) is 0 Å². The first-order chi connectivity index (χ1) is 6.90. The highest BCUT2D eigenvalue weighted by Gasteiger charge is 2.16. The van der Waals surface area contributed by atoms with Gasteiger partial charge in [0.15, 0.2) is 0 Å². The summed E-state index contributed by atoms with van der Waals surface area (Å²) in [6.45, 7) is 1.63. The topological polar surface area (TPSA) is 44.1 Å². The number of hydrogen-bond acceptors (Lipinski definition) is 3. The van der Waals surface area contributed by atoms with Gasteiger partial charge < -0.3 is 9.53 Å².